The molecule has 0 heterocycles. The second kappa shape index (κ2) is 55.4. The molecule has 11 heteroatoms. The van der Waals surface area contributed by atoms with Crippen LogP contribution in [0.3, 0.4) is 0 Å². The van der Waals surface area contributed by atoms with Gasteiger partial charge in [0.15, 0.2) is 0 Å². The smallest absolute Gasteiger partial charge is 0.305 e. The number of amides is 1. The Morgan fingerprint density at radius 2 is 0.671 bits per heavy atom. The molecule has 0 aromatic rings. The molecule has 11 nitrogen and oxygen atoms in total. The minimum Gasteiger partial charge on any atom is -0.465 e. The van der Waals surface area contributed by atoms with E-state index in [0.717, 1.165) is 103 Å². The summed E-state index contributed by atoms with van der Waals surface area (Å²) in [6.45, 7) is 20.3. The molecule has 446 valence electrons. The van der Waals surface area contributed by atoms with Crippen molar-refractivity contribution in [1.82, 2.24) is 9.80 Å². The van der Waals surface area contributed by atoms with Crippen molar-refractivity contribution in [2.24, 2.45) is 17.8 Å². The zero-order valence-corrected chi connectivity index (χ0v) is 50.9. The van der Waals surface area contributed by atoms with Crippen LogP contribution in [0.1, 0.15) is 299 Å². The predicted octanol–water partition coefficient (Wildman–Crippen LogP) is 17.0. The fourth-order valence-corrected chi connectivity index (χ4v) is 9.90. The van der Waals surface area contributed by atoms with Gasteiger partial charge in [0.05, 0.1) is 26.4 Å². The molecule has 0 radical (unpaired) electrons. The van der Waals surface area contributed by atoms with Gasteiger partial charge in [-0.1, -0.05) is 202 Å². The van der Waals surface area contributed by atoms with Crippen LogP contribution in [0, 0.1) is 17.8 Å². The van der Waals surface area contributed by atoms with Gasteiger partial charge in [-0.3, -0.25) is 24.0 Å². The number of carbonyl (C=O) groups is 5. The molecule has 0 aromatic heterocycles. The molecular weight excluding hydrogens is 953 g/mol. The van der Waals surface area contributed by atoms with Gasteiger partial charge in [0.25, 0.3) is 0 Å². The maximum Gasteiger partial charge on any atom is 0.305 e. The fourth-order valence-electron chi connectivity index (χ4n) is 9.90. The summed E-state index contributed by atoms with van der Waals surface area (Å²) >= 11 is 0. The van der Waals surface area contributed by atoms with Crippen LogP contribution in [0.5, 0.6) is 0 Å². The number of allylic oxidation sites excluding steroid dienone is 2. The van der Waals surface area contributed by atoms with E-state index in [1.807, 2.05) is 4.90 Å². The van der Waals surface area contributed by atoms with Crippen molar-refractivity contribution in [2.75, 3.05) is 59.2 Å². The summed E-state index contributed by atoms with van der Waals surface area (Å²) in [5.74, 6) is -0.256. The quantitative estimate of drug-likeness (QED) is 0.0251. The van der Waals surface area contributed by atoms with Gasteiger partial charge in [0, 0.05) is 51.1 Å². The number of carbonyl (C=O) groups excluding carboxylic acids is 5. The lowest BCUT2D eigenvalue weighted by molar-refractivity contribution is -0.150. The van der Waals surface area contributed by atoms with Crippen LogP contribution >= 0.6 is 0 Å². The molecule has 0 rings (SSSR count). The van der Waals surface area contributed by atoms with Gasteiger partial charge in [0.2, 0.25) is 5.91 Å². The fraction of sp³-hybridized carbons (Fsp3) is 0.892. The molecule has 0 bridgehead atoms. The number of hydrogen-bond acceptors (Lipinski definition) is 10. The first-order valence-electron chi connectivity index (χ1n) is 32.3. The largest absolute Gasteiger partial charge is 0.465 e. The van der Waals surface area contributed by atoms with E-state index in [4.69, 9.17) is 18.9 Å². The van der Waals surface area contributed by atoms with Crippen molar-refractivity contribution in [2.45, 2.75) is 299 Å². The van der Waals surface area contributed by atoms with E-state index >= 15 is 0 Å². The number of ether oxygens (including phenoxy) is 4. The Morgan fingerprint density at radius 1 is 0.342 bits per heavy atom. The highest BCUT2D eigenvalue weighted by Crippen LogP contribution is 2.22. The lowest BCUT2D eigenvalue weighted by atomic mass is 9.95. The second-order valence-electron chi connectivity index (χ2n) is 22.3. The van der Waals surface area contributed by atoms with Crippen molar-refractivity contribution in [3.8, 4) is 0 Å². The standard InChI is InChI=1S/C65H122N2O9/c1-8-15-20-25-26-27-36-46-61(68)67(52-41-51-66(13-6)14-7)53-60(56-75-64(71)49-39-30-28-37-47-62(69)73-54-58(42-32-21-16-9-2)43-33-22-17-10-3)57-76-65(72)50-40-31-29-38-48-63(70)74-55-59(44-34-23-18-11-4)45-35-24-19-12-5/h26-27,58-60H,8-25,28-57H2,1-7H3/b27-26-. The Hall–Kier alpha value is -2.95. The Labute approximate surface area is 468 Å². The molecule has 0 aromatic carbocycles. The summed E-state index contributed by atoms with van der Waals surface area (Å²) in [6.07, 6.45) is 42.4. The molecule has 0 saturated carbocycles. The van der Waals surface area contributed by atoms with Gasteiger partial charge < -0.3 is 28.7 Å². The topological polar surface area (TPSA) is 129 Å². The van der Waals surface area contributed by atoms with Crippen LogP contribution in [0.4, 0.5) is 0 Å². The van der Waals surface area contributed by atoms with Crippen LogP contribution < -0.4 is 0 Å². The lowest BCUT2D eigenvalue weighted by Gasteiger charge is -2.28. The third-order valence-corrected chi connectivity index (χ3v) is 15.1. The highest BCUT2D eigenvalue weighted by atomic mass is 16.5. The second-order valence-corrected chi connectivity index (χ2v) is 22.3. The Kier molecular flexibility index (Phi) is 53.2. The number of esters is 4. The third-order valence-electron chi connectivity index (χ3n) is 15.1. The summed E-state index contributed by atoms with van der Waals surface area (Å²) in [4.78, 5) is 69.6. The Morgan fingerprint density at radius 3 is 1.03 bits per heavy atom. The van der Waals surface area contributed by atoms with Crippen molar-refractivity contribution >= 4 is 29.8 Å². The van der Waals surface area contributed by atoms with Crippen molar-refractivity contribution in [1.29, 1.82) is 0 Å². The first kappa shape index (κ1) is 73.0. The van der Waals surface area contributed by atoms with Gasteiger partial charge in [-0.15, -0.1) is 0 Å². The minimum atomic E-state index is -0.369. The Bertz CT molecular complexity index is 1290. The molecule has 76 heavy (non-hydrogen) atoms. The van der Waals surface area contributed by atoms with Crippen molar-refractivity contribution in [3.63, 3.8) is 0 Å². The van der Waals surface area contributed by atoms with E-state index < -0.39 is 0 Å². The molecule has 0 spiro atoms. The van der Waals surface area contributed by atoms with Crippen molar-refractivity contribution < 1.29 is 42.9 Å². The molecule has 0 aliphatic rings. The van der Waals surface area contributed by atoms with Gasteiger partial charge in [-0.2, -0.15) is 0 Å². The summed E-state index contributed by atoms with van der Waals surface area (Å²) in [7, 11) is 0. The van der Waals surface area contributed by atoms with Gasteiger partial charge in [0.1, 0.15) is 0 Å². The van der Waals surface area contributed by atoms with Crippen LogP contribution in [-0.2, 0) is 42.9 Å². The van der Waals surface area contributed by atoms with Gasteiger partial charge in [-0.05, 0) is 109 Å². The number of nitrogens with zero attached hydrogens (tertiary/aromatic N) is 2. The van der Waals surface area contributed by atoms with Crippen LogP contribution in [0.2, 0.25) is 0 Å². The molecule has 0 fully saturated rings. The molecule has 0 saturated heterocycles. The maximum absolute atomic E-state index is 13.8. The monoisotopic (exact) mass is 1070 g/mol. The first-order chi connectivity index (χ1) is 37.1. The molecule has 0 N–H and O–H groups in total. The normalized spacial score (nSPS) is 11.7. The minimum absolute atomic E-state index is 0.0574. The third kappa shape index (κ3) is 47.1. The molecule has 0 aliphatic heterocycles. The average molecular weight is 1080 g/mol. The van der Waals surface area contributed by atoms with E-state index in [0.29, 0.717) is 76.7 Å². The van der Waals surface area contributed by atoms with E-state index in [1.165, 1.54) is 116 Å². The van der Waals surface area contributed by atoms with E-state index in [-0.39, 0.29) is 61.8 Å². The SMILES string of the molecule is CCCCC/C=C\CCC(=O)N(CCCN(CC)CC)CC(COC(=O)CCCCCCC(=O)OCC(CCCCCC)CCCCCC)COC(=O)CCCCCCC(=O)OCC(CCCCCC)CCCCCC. The summed E-state index contributed by atoms with van der Waals surface area (Å²) < 4.78 is 23.2. The summed E-state index contributed by atoms with van der Waals surface area (Å²) in [5, 5.41) is 0. The van der Waals surface area contributed by atoms with Crippen molar-refractivity contribution in [3.05, 3.63) is 12.2 Å². The summed E-state index contributed by atoms with van der Waals surface area (Å²) in [6, 6.07) is 0. The highest BCUT2D eigenvalue weighted by Gasteiger charge is 2.23. The van der Waals surface area contributed by atoms with Crippen LogP contribution in [-0.4, -0.2) is 98.7 Å². The lowest BCUT2D eigenvalue weighted by Crippen LogP contribution is -2.40. The average Bonchev–Trinajstić information content (AvgIpc) is 3.42. The first-order valence-corrected chi connectivity index (χ1v) is 32.3. The number of rotatable bonds is 57. The summed E-state index contributed by atoms with van der Waals surface area (Å²) in [5.41, 5.74) is 0. The van der Waals surface area contributed by atoms with Crippen LogP contribution in [0.15, 0.2) is 12.2 Å². The molecule has 0 aliphatic carbocycles. The molecule has 0 atom stereocenters. The van der Waals surface area contributed by atoms with E-state index in [2.05, 4.69) is 65.5 Å². The molecule has 1 amide bonds. The number of unbranched alkanes of at least 4 members (excludes halogenated alkanes) is 21. The van der Waals surface area contributed by atoms with E-state index in [1.54, 1.807) is 0 Å². The van der Waals surface area contributed by atoms with E-state index in [9.17, 15) is 24.0 Å². The van der Waals surface area contributed by atoms with Crippen LogP contribution in [0.25, 0.3) is 0 Å². The zero-order chi connectivity index (χ0) is 56.0. The van der Waals surface area contributed by atoms with Gasteiger partial charge in [-0.25, -0.2) is 0 Å². The highest BCUT2D eigenvalue weighted by molar-refractivity contribution is 5.76. The predicted molar refractivity (Wildman–Crippen MR) is 316 cm³/mol. The zero-order valence-electron chi connectivity index (χ0n) is 50.9. The Balaban J connectivity index is 5.33. The molecule has 0 unspecified atom stereocenters. The number of hydrogen-bond donors (Lipinski definition) is 0. The molecular formula is C65H122N2O9. The van der Waals surface area contributed by atoms with Gasteiger partial charge >= 0.3 is 23.9 Å². The maximum atomic E-state index is 13.8.